The average Bonchev–Trinajstić information content (AvgIpc) is 2.62. The van der Waals surface area contributed by atoms with E-state index in [9.17, 15) is 13.6 Å². The van der Waals surface area contributed by atoms with Crippen LogP contribution in [0, 0.1) is 0 Å². The number of nitrogens with zero attached hydrogens (tertiary/aromatic N) is 2. The second-order valence-corrected chi connectivity index (χ2v) is 6.47. The smallest absolute Gasteiger partial charge is 0.387 e. The monoisotopic (exact) mass is 354 g/mol. The third kappa shape index (κ3) is 4.89. The molecule has 2 fully saturated rings. The Labute approximate surface area is 146 Å². The van der Waals surface area contributed by atoms with Crippen LogP contribution in [-0.2, 0) is 4.74 Å². The maximum absolute atomic E-state index is 12.9. The molecule has 2 aliphatic heterocycles. The number of hydrogen-bond donors (Lipinski definition) is 0. The summed E-state index contributed by atoms with van der Waals surface area (Å²) in [6, 6.07) is 6.21. The molecule has 7 heteroatoms. The molecule has 0 aliphatic carbocycles. The Hall–Kier alpha value is -1.73. The van der Waals surface area contributed by atoms with Crippen molar-refractivity contribution in [3.63, 3.8) is 0 Å². The van der Waals surface area contributed by atoms with E-state index in [-0.39, 0.29) is 17.7 Å². The largest absolute Gasteiger partial charge is 0.435 e. The Kier molecular flexibility index (Phi) is 6.20. The first kappa shape index (κ1) is 18.1. The molecule has 0 saturated carbocycles. The van der Waals surface area contributed by atoms with Gasteiger partial charge in [-0.25, -0.2) is 0 Å². The van der Waals surface area contributed by atoms with E-state index in [2.05, 4.69) is 9.64 Å². The summed E-state index contributed by atoms with van der Waals surface area (Å²) in [6.07, 6.45) is 3.04. The van der Waals surface area contributed by atoms with Crippen LogP contribution < -0.4 is 4.74 Å². The maximum Gasteiger partial charge on any atom is 0.387 e. The van der Waals surface area contributed by atoms with Gasteiger partial charge >= 0.3 is 6.61 Å². The molecule has 1 amide bonds. The SMILES string of the molecule is O=C(c1cccc(OC(F)F)c1)N1CCCCC1CN1CCOCC1. The Bertz CT molecular complexity index is 579. The summed E-state index contributed by atoms with van der Waals surface area (Å²) in [7, 11) is 0. The molecule has 25 heavy (non-hydrogen) atoms. The quantitative estimate of drug-likeness (QED) is 0.815. The van der Waals surface area contributed by atoms with Crippen LogP contribution >= 0.6 is 0 Å². The van der Waals surface area contributed by atoms with E-state index in [1.165, 1.54) is 12.1 Å². The zero-order valence-corrected chi connectivity index (χ0v) is 14.2. The molecule has 138 valence electrons. The molecule has 0 aromatic heterocycles. The van der Waals surface area contributed by atoms with Crippen LogP contribution in [0.5, 0.6) is 5.75 Å². The van der Waals surface area contributed by atoms with E-state index in [1.54, 1.807) is 12.1 Å². The predicted octanol–water partition coefficient (Wildman–Crippen LogP) is 2.61. The Morgan fingerprint density at radius 1 is 1.24 bits per heavy atom. The number of hydrogen-bond acceptors (Lipinski definition) is 4. The number of rotatable bonds is 5. The summed E-state index contributed by atoms with van der Waals surface area (Å²) in [5, 5.41) is 0. The first-order valence-corrected chi connectivity index (χ1v) is 8.79. The fraction of sp³-hybridized carbons (Fsp3) is 0.611. The van der Waals surface area contributed by atoms with Crippen molar-refractivity contribution < 1.29 is 23.0 Å². The van der Waals surface area contributed by atoms with Gasteiger partial charge < -0.3 is 14.4 Å². The molecule has 1 atom stereocenters. The van der Waals surface area contributed by atoms with Gasteiger partial charge in [-0.3, -0.25) is 9.69 Å². The highest BCUT2D eigenvalue weighted by atomic mass is 19.3. The molecule has 2 heterocycles. The lowest BCUT2D eigenvalue weighted by atomic mass is 10.00. The number of halogens is 2. The maximum atomic E-state index is 12.9. The van der Waals surface area contributed by atoms with Crippen LogP contribution in [0.2, 0.25) is 0 Å². The molecule has 2 saturated heterocycles. The van der Waals surface area contributed by atoms with Gasteiger partial charge in [0.25, 0.3) is 5.91 Å². The molecule has 0 N–H and O–H groups in total. The molecule has 1 aromatic carbocycles. The Morgan fingerprint density at radius 3 is 2.80 bits per heavy atom. The number of carbonyl (C=O) groups excluding carboxylic acids is 1. The van der Waals surface area contributed by atoms with Crippen molar-refractivity contribution in [2.75, 3.05) is 39.4 Å². The number of amides is 1. The number of morpholine rings is 1. The van der Waals surface area contributed by atoms with Gasteiger partial charge in [-0.05, 0) is 37.5 Å². The van der Waals surface area contributed by atoms with Gasteiger partial charge in [0, 0.05) is 37.8 Å². The molecule has 2 aliphatic rings. The molecule has 0 radical (unpaired) electrons. The van der Waals surface area contributed by atoms with Crippen LogP contribution in [0.25, 0.3) is 0 Å². The molecule has 0 spiro atoms. The van der Waals surface area contributed by atoms with E-state index in [4.69, 9.17) is 4.74 Å². The summed E-state index contributed by atoms with van der Waals surface area (Å²) in [4.78, 5) is 17.1. The van der Waals surface area contributed by atoms with Gasteiger partial charge in [-0.1, -0.05) is 6.07 Å². The van der Waals surface area contributed by atoms with Crippen molar-refractivity contribution in [1.82, 2.24) is 9.80 Å². The van der Waals surface area contributed by atoms with Gasteiger partial charge in [0.05, 0.1) is 13.2 Å². The van der Waals surface area contributed by atoms with Crippen molar-refractivity contribution in [2.24, 2.45) is 0 Å². The molecular formula is C18H24F2N2O3. The number of likely N-dealkylation sites (tertiary alicyclic amines) is 1. The van der Waals surface area contributed by atoms with E-state index >= 15 is 0 Å². The fourth-order valence-corrected chi connectivity index (χ4v) is 3.51. The highest BCUT2D eigenvalue weighted by Gasteiger charge is 2.29. The normalized spacial score (nSPS) is 22.2. The van der Waals surface area contributed by atoms with Crippen molar-refractivity contribution >= 4 is 5.91 Å². The molecule has 1 unspecified atom stereocenters. The van der Waals surface area contributed by atoms with E-state index in [0.29, 0.717) is 12.1 Å². The van der Waals surface area contributed by atoms with Crippen molar-refractivity contribution in [2.45, 2.75) is 31.9 Å². The minimum Gasteiger partial charge on any atom is -0.435 e. The van der Waals surface area contributed by atoms with Crippen LogP contribution in [0.15, 0.2) is 24.3 Å². The van der Waals surface area contributed by atoms with Crippen LogP contribution in [0.1, 0.15) is 29.6 Å². The third-order valence-electron chi connectivity index (χ3n) is 4.77. The third-order valence-corrected chi connectivity index (χ3v) is 4.77. The first-order chi connectivity index (χ1) is 12.1. The van der Waals surface area contributed by atoms with Crippen LogP contribution in [0.4, 0.5) is 8.78 Å². The lowest BCUT2D eigenvalue weighted by molar-refractivity contribution is -0.0499. The molecular weight excluding hydrogens is 330 g/mol. The molecule has 1 aromatic rings. The van der Waals surface area contributed by atoms with Crippen molar-refractivity contribution in [1.29, 1.82) is 0 Å². The highest BCUT2D eigenvalue weighted by molar-refractivity contribution is 5.94. The van der Waals surface area contributed by atoms with E-state index in [1.807, 2.05) is 4.90 Å². The summed E-state index contributed by atoms with van der Waals surface area (Å²) >= 11 is 0. The number of alkyl halides is 2. The van der Waals surface area contributed by atoms with Gasteiger partial charge in [0.15, 0.2) is 0 Å². The van der Waals surface area contributed by atoms with Gasteiger partial charge in [0.1, 0.15) is 5.75 Å². The average molecular weight is 354 g/mol. The minimum absolute atomic E-state index is 0.0163. The molecule has 0 bridgehead atoms. The van der Waals surface area contributed by atoms with Crippen LogP contribution in [0.3, 0.4) is 0 Å². The van der Waals surface area contributed by atoms with Crippen molar-refractivity contribution in [3.8, 4) is 5.75 Å². The van der Waals surface area contributed by atoms with E-state index < -0.39 is 6.61 Å². The predicted molar refractivity (Wildman–Crippen MR) is 89.0 cm³/mol. The number of benzene rings is 1. The standard InChI is InChI=1S/C18H24F2N2O3/c19-18(20)25-16-6-3-4-14(12-16)17(23)22-7-2-1-5-15(22)13-21-8-10-24-11-9-21/h3-4,6,12,15,18H,1-2,5,7-11,13H2. The molecule has 3 rings (SSSR count). The second kappa shape index (κ2) is 8.58. The summed E-state index contributed by atoms with van der Waals surface area (Å²) in [5.74, 6) is -0.0970. The van der Waals surface area contributed by atoms with Gasteiger partial charge in [-0.2, -0.15) is 8.78 Å². The summed E-state index contributed by atoms with van der Waals surface area (Å²) in [6.45, 7) is 1.87. The first-order valence-electron chi connectivity index (χ1n) is 8.79. The lowest BCUT2D eigenvalue weighted by Gasteiger charge is -2.39. The number of carbonyl (C=O) groups is 1. The van der Waals surface area contributed by atoms with Gasteiger partial charge in [0.2, 0.25) is 0 Å². The topological polar surface area (TPSA) is 42.0 Å². The Balaban J connectivity index is 1.69. The highest BCUT2D eigenvalue weighted by Crippen LogP contribution is 2.23. The number of ether oxygens (including phenoxy) is 2. The lowest BCUT2D eigenvalue weighted by Crippen LogP contribution is -2.51. The summed E-state index contributed by atoms with van der Waals surface area (Å²) < 4.78 is 34.6. The number of piperidine rings is 1. The van der Waals surface area contributed by atoms with E-state index in [0.717, 1.165) is 52.1 Å². The van der Waals surface area contributed by atoms with Crippen LogP contribution in [-0.4, -0.2) is 67.8 Å². The summed E-state index contributed by atoms with van der Waals surface area (Å²) in [5.41, 5.74) is 0.395. The van der Waals surface area contributed by atoms with Gasteiger partial charge in [-0.15, -0.1) is 0 Å². The minimum atomic E-state index is -2.89. The van der Waals surface area contributed by atoms with Crippen molar-refractivity contribution in [3.05, 3.63) is 29.8 Å². The Morgan fingerprint density at radius 2 is 2.04 bits per heavy atom. The molecule has 5 nitrogen and oxygen atoms in total. The second-order valence-electron chi connectivity index (χ2n) is 6.47. The zero-order valence-electron chi connectivity index (χ0n) is 14.2. The fourth-order valence-electron chi connectivity index (χ4n) is 3.51. The zero-order chi connectivity index (χ0) is 17.6.